The van der Waals surface area contributed by atoms with E-state index in [1.54, 1.807) is 13.8 Å². The fourth-order valence-electron chi connectivity index (χ4n) is 4.17. The van der Waals surface area contributed by atoms with E-state index in [9.17, 15) is 14.9 Å². The molecule has 2 fully saturated rings. The average Bonchev–Trinajstić information content (AvgIpc) is 2.98. The molecule has 0 radical (unpaired) electrons. The van der Waals surface area contributed by atoms with Crippen molar-refractivity contribution in [1.82, 2.24) is 15.1 Å². The molecule has 3 N–H and O–H groups in total. The predicted octanol–water partition coefficient (Wildman–Crippen LogP) is 1.97. The lowest BCUT2D eigenvalue weighted by Gasteiger charge is -2.46. The second-order valence-electron chi connectivity index (χ2n) is 7.64. The van der Waals surface area contributed by atoms with Crippen LogP contribution in [0.5, 0.6) is 0 Å². The highest BCUT2D eigenvalue weighted by molar-refractivity contribution is 5.85. The van der Waals surface area contributed by atoms with E-state index in [0.717, 1.165) is 25.7 Å². The van der Waals surface area contributed by atoms with Crippen LogP contribution >= 0.6 is 12.4 Å². The molecule has 2 aliphatic carbocycles. The number of halogens is 1. The number of nitro groups is 1. The summed E-state index contributed by atoms with van der Waals surface area (Å²) in [5.74, 6) is 0.705. The summed E-state index contributed by atoms with van der Waals surface area (Å²) in [4.78, 5) is 23.2. The third-order valence-electron chi connectivity index (χ3n) is 5.58. The van der Waals surface area contributed by atoms with Crippen LogP contribution in [0.4, 0.5) is 5.69 Å². The van der Waals surface area contributed by atoms with Gasteiger partial charge in [-0.25, -0.2) is 0 Å². The van der Waals surface area contributed by atoms with Gasteiger partial charge in [0, 0.05) is 12.1 Å². The fourth-order valence-corrected chi connectivity index (χ4v) is 4.17. The van der Waals surface area contributed by atoms with Crippen LogP contribution in [0.25, 0.3) is 0 Å². The van der Waals surface area contributed by atoms with Crippen LogP contribution in [0.3, 0.4) is 0 Å². The van der Waals surface area contributed by atoms with Crippen LogP contribution in [-0.4, -0.2) is 32.7 Å². The first kappa shape index (κ1) is 19.7. The molecule has 3 rings (SSSR count). The van der Waals surface area contributed by atoms with Gasteiger partial charge in [0.15, 0.2) is 0 Å². The highest BCUT2D eigenvalue weighted by atomic mass is 35.5. The number of nitrogens with one attached hydrogen (secondary N) is 1. The van der Waals surface area contributed by atoms with Gasteiger partial charge in [0.25, 0.3) is 0 Å². The van der Waals surface area contributed by atoms with E-state index in [-0.39, 0.29) is 36.1 Å². The van der Waals surface area contributed by atoms with Gasteiger partial charge in [-0.3, -0.25) is 19.6 Å². The third-order valence-corrected chi connectivity index (χ3v) is 5.58. The minimum Gasteiger partial charge on any atom is -0.351 e. The monoisotopic (exact) mass is 371 g/mol. The van der Waals surface area contributed by atoms with Crippen LogP contribution < -0.4 is 11.1 Å². The van der Waals surface area contributed by atoms with Gasteiger partial charge in [-0.15, -0.1) is 12.4 Å². The van der Waals surface area contributed by atoms with Crippen molar-refractivity contribution in [1.29, 1.82) is 0 Å². The van der Waals surface area contributed by atoms with Crippen LogP contribution in [0.2, 0.25) is 0 Å². The van der Waals surface area contributed by atoms with Gasteiger partial charge in [-0.05, 0) is 51.4 Å². The Balaban J connectivity index is 0.00000225. The normalized spacial score (nSPS) is 28.8. The molecule has 2 bridgehead atoms. The molecule has 2 aliphatic rings. The number of nitrogens with two attached hydrogens (primary N) is 1. The minimum absolute atomic E-state index is 0. The minimum atomic E-state index is -0.984. The Morgan fingerprint density at radius 2 is 2.00 bits per heavy atom. The maximum absolute atomic E-state index is 12.9. The zero-order chi connectivity index (χ0) is 17.5. The maximum atomic E-state index is 12.9. The van der Waals surface area contributed by atoms with Gasteiger partial charge < -0.3 is 11.1 Å². The molecule has 140 valence electrons. The molecule has 1 aromatic heterocycles. The first-order valence-corrected chi connectivity index (χ1v) is 8.55. The van der Waals surface area contributed by atoms with E-state index in [1.807, 2.05) is 0 Å². The lowest BCUT2D eigenvalue weighted by molar-refractivity contribution is -0.385. The van der Waals surface area contributed by atoms with Gasteiger partial charge in [0.05, 0.1) is 4.92 Å². The van der Waals surface area contributed by atoms with Crippen LogP contribution in [0, 0.1) is 22.0 Å². The van der Waals surface area contributed by atoms with Crippen LogP contribution in [0.1, 0.15) is 46.0 Å². The standard InChI is InChI=1S/C16H25N5O3.ClH/c1-16(2,20-9-13(8-18-20)21(23)24)15(22)19-14-10-4-3-5-11(14)7-12(17)6-10;/h8-12,14H,3-7,17H2,1-2H3,(H,19,22);1H. The van der Waals surface area contributed by atoms with Crippen LogP contribution in [0.15, 0.2) is 12.4 Å². The zero-order valence-corrected chi connectivity index (χ0v) is 15.4. The summed E-state index contributed by atoms with van der Waals surface area (Å²) in [6.45, 7) is 3.45. The number of aromatic nitrogens is 2. The lowest BCUT2D eigenvalue weighted by Crippen LogP contribution is -2.57. The Morgan fingerprint density at radius 3 is 2.52 bits per heavy atom. The van der Waals surface area contributed by atoms with E-state index < -0.39 is 10.5 Å². The summed E-state index contributed by atoms with van der Waals surface area (Å²) in [5.41, 5.74) is 5.04. The molecule has 1 heterocycles. The molecule has 0 saturated heterocycles. The number of rotatable bonds is 4. The van der Waals surface area contributed by atoms with Crippen molar-refractivity contribution in [3.63, 3.8) is 0 Å². The van der Waals surface area contributed by atoms with E-state index in [1.165, 1.54) is 23.5 Å². The molecule has 1 aromatic rings. The largest absolute Gasteiger partial charge is 0.351 e. The Labute approximate surface area is 153 Å². The molecule has 0 aliphatic heterocycles. The number of carbonyl (C=O) groups is 1. The maximum Gasteiger partial charge on any atom is 0.307 e. The van der Waals surface area contributed by atoms with Crippen LogP contribution in [-0.2, 0) is 10.3 Å². The Hall–Kier alpha value is -1.67. The van der Waals surface area contributed by atoms with Crippen molar-refractivity contribution in [2.75, 3.05) is 0 Å². The first-order valence-electron chi connectivity index (χ1n) is 8.55. The van der Waals surface area contributed by atoms with Crippen molar-refractivity contribution in [2.45, 2.75) is 63.6 Å². The van der Waals surface area contributed by atoms with Gasteiger partial charge in [-0.2, -0.15) is 5.10 Å². The van der Waals surface area contributed by atoms with E-state index >= 15 is 0 Å². The smallest absolute Gasteiger partial charge is 0.307 e. The van der Waals surface area contributed by atoms with Gasteiger partial charge in [0.1, 0.15) is 17.9 Å². The summed E-state index contributed by atoms with van der Waals surface area (Å²) in [6, 6.07) is 0.381. The Kier molecular flexibility index (Phi) is 5.73. The molecule has 25 heavy (non-hydrogen) atoms. The quantitative estimate of drug-likeness (QED) is 0.620. The number of carbonyl (C=O) groups excluding carboxylic acids is 1. The van der Waals surface area contributed by atoms with E-state index in [4.69, 9.17) is 5.73 Å². The molecule has 0 aromatic carbocycles. The molecule has 0 spiro atoms. The molecular weight excluding hydrogens is 346 g/mol. The highest BCUT2D eigenvalue weighted by Crippen LogP contribution is 2.40. The van der Waals surface area contributed by atoms with Crippen molar-refractivity contribution >= 4 is 24.0 Å². The lowest BCUT2D eigenvalue weighted by atomic mass is 9.67. The summed E-state index contributed by atoms with van der Waals surface area (Å²) in [5, 5.41) is 18.0. The molecule has 1 amide bonds. The topological polar surface area (TPSA) is 116 Å². The summed E-state index contributed by atoms with van der Waals surface area (Å²) >= 11 is 0. The van der Waals surface area contributed by atoms with E-state index in [2.05, 4.69) is 10.4 Å². The number of amides is 1. The third kappa shape index (κ3) is 3.79. The van der Waals surface area contributed by atoms with Gasteiger partial charge in [0.2, 0.25) is 5.91 Å². The Morgan fingerprint density at radius 1 is 1.40 bits per heavy atom. The van der Waals surface area contributed by atoms with Crippen molar-refractivity contribution in [2.24, 2.45) is 17.6 Å². The molecular formula is C16H26ClN5O3. The number of hydrogen-bond donors (Lipinski definition) is 2. The second kappa shape index (κ2) is 7.29. The molecule has 9 heteroatoms. The summed E-state index contributed by atoms with van der Waals surface area (Å²) in [7, 11) is 0. The first-order chi connectivity index (χ1) is 11.3. The zero-order valence-electron chi connectivity index (χ0n) is 14.6. The van der Waals surface area contributed by atoms with Crippen molar-refractivity contribution < 1.29 is 9.72 Å². The van der Waals surface area contributed by atoms with Crippen molar-refractivity contribution in [3.05, 3.63) is 22.5 Å². The summed E-state index contributed by atoms with van der Waals surface area (Å²) in [6.07, 6.45) is 7.78. The van der Waals surface area contributed by atoms with Gasteiger partial charge in [-0.1, -0.05) is 6.42 Å². The van der Waals surface area contributed by atoms with Gasteiger partial charge >= 0.3 is 5.69 Å². The second-order valence-corrected chi connectivity index (χ2v) is 7.64. The highest BCUT2D eigenvalue weighted by Gasteiger charge is 2.42. The Bertz CT molecular complexity index is 633. The van der Waals surface area contributed by atoms with E-state index in [0.29, 0.717) is 11.8 Å². The predicted molar refractivity (Wildman–Crippen MR) is 95.4 cm³/mol. The molecule has 2 saturated carbocycles. The summed E-state index contributed by atoms with van der Waals surface area (Å²) < 4.78 is 1.37. The molecule has 2 unspecified atom stereocenters. The SMILES string of the molecule is CC(C)(C(=O)NC1C2CCCC1CC(N)C2)n1cc([N+](=O)[O-])cn1.Cl. The number of nitrogens with zero attached hydrogens (tertiary/aromatic N) is 3. The fraction of sp³-hybridized carbons (Fsp3) is 0.750. The van der Waals surface area contributed by atoms with Crippen molar-refractivity contribution in [3.8, 4) is 0 Å². The average molecular weight is 372 g/mol. The molecule has 8 nitrogen and oxygen atoms in total. The number of hydrogen-bond acceptors (Lipinski definition) is 5. The molecule has 2 atom stereocenters. The number of fused-ring (bicyclic) bond motifs is 2.